The lowest BCUT2D eigenvalue weighted by molar-refractivity contribution is 0.592. The maximum Gasteiger partial charge on any atom is 0.248 e. The first-order chi connectivity index (χ1) is 9.67. The van der Waals surface area contributed by atoms with Crippen LogP contribution in [0.15, 0.2) is 41.9 Å². The molecule has 2 aromatic heterocycles. The molecule has 3 rings (SSSR count). The highest BCUT2D eigenvalue weighted by molar-refractivity contribution is 7.09. The largest absolute Gasteiger partial charge is 0.341 e. The molecule has 102 valence electrons. The maximum absolute atomic E-state index is 4.35. The monoisotopic (exact) mass is 286 g/mol. The van der Waals surface area contributed by atoms with E-state index in [1.54, 1.807) is 22.2 Å². The van der Waals surface area contributed by atoms with Crippen LogP contribution in [-0.4, -0.2) is 25.2 Å². The van der Waals surface area contributed by atoms with Gasteiger partial charge in [0.15, 0.2) is 0 Å². The quantitative estimate of drug-likeness (QED) is 0.798. The average Bonchev–Trinajstić information content (AvgIpc) is 3.10. The maximum atomic E-state index is 4.35. The van der Waals surface area contributed by atoms with Crippen molar-refractivity contribution >= 4 is 17.3 Å². The molecule has 0 saturated heterocycles. The molecule has 3 aromatic rings. The van der Waals surface area contributed by atoms with E-state index in [4.69, 9.17) is 0 Å². The molecule has 0 amide bonds. The number of anilines is 1. The molecular weight excluding hydrogens is 272 g/mol. The third-order valence-corrected chi connectivity index (χ3v) is 3.96. The Morgan fingerprint density at radius 3 is 2.70 bits per heavy atom. The zero-order valence-corrected chi connectivity index (χ0v) is 12.0. The van der Waals surface area contributed by atoms with Crippen LogP contribution in [0.25, 0.3) is 5.69 Å². The fourth-order valence-electron chi connectivity index (χ4n) is 1.87. The van der Waals surface area contributed by atoms with Gasteiger partial charge in [0.1, 0.15) is 5.01 Å². The van der Waals surface area contributed by atoms with Gasteiger partial charge in [0.25, 0.3) is 0 Å². The van der Waals surface area contributed by atoms with Crippen molar-refractivity contribution in [3.8, 4) is 5.69 Å². The first-order valence-corrected chi connectivity index (χ1v) is 7.07. The van der Waals surface area contributed by atoms with Crippen LogP contribution in [0, 0.1) is 0 Å². The Balaban J connectivity index is 1.92. The first-order valence-electron chi connectivity index (χ1n) is 6.19. The highest BCUT2D eigenvalue weighted by Crippen LogP contribution is 2.26. The van der Waals surface area contributed by atoms with E-state index >= 15 is 0 Å². The van der Waals surface area contributed by atoms with Crippen molar-refractivity contribution in [2.24, 2.45) is 0 Å². The summed E-state index contributed by atoms with van der Waals surface area (Å²) in [5, 5.41) is 18.1. The molecule has 20 heavy (non-hydrogen) atoms. The molecule has 0 bridgehead atoms. The van der Waals surface area contributed by atoms with Crippen molar-refractivity contribution in [2.75, 3.05) is 5.32 Å². The molecule has 1 N–H and O–H groups in total. The summed E-state index contributed by atoms with van der Waals surface area (Å²) in [5.41, 5.74) is 0.574. The van der Waals surface area contributed by atoms with E-state index in [2.05, 4.69) is 39.7 Å². The van der Waals surface area contributed by atoms with Crippen LogP contribution in [0.3, 0.4) is 0 Å². The lowest BCUT2D eigenvalue weighted by Crippen LogP contribution is -2.29. The molecule has 0 atom stereocenters. The molecule has 0 aliphatic rings. The van der Waals surface area contributed by atoms with Crippen molar-refractivity contribution < 1.29 is 0 Å². The van der Waals surface area contributed by atoms with Crippen LogP contribution in [0.5, 0.6) is 0 Å². The molecular formula is C13H14N6S. The van der Waals surface area contributed by atoms with Crippen molar-refractivity contribution in [1.29, 1.82) is 0 Å². The minimum Gasteiger partial charge on any atom is -0.341 e. The molecule has 0 saturated carbocycles. The van der Waals surface area contributed by atoms with E-state index in [0.29, 0.717) is 5.95 Å². The lowest BCUT2D eigenvalue weighted by Gasteiger charge is -2.23. The summed E-state index contributed by atoms with van der Waals surface area (Å²) in [6.07, 6.45) is 1.80. The molecule has 0 radical (unpaired) electrons. The number of aromatic nitrogens is 5. The highest BCUT2D eigenvalue weighted by Gasteiger charge is 2.25. The van der Waals surface area contributed by atoms with Gasteiger partial charge in [-0.2, -0.15) is 4.68 Å². The number of hydrogen-bond donors (Lipinski definition) is 1. The van der Waals surface area contributed by atoms with Crippen LogP contribution in [0.1, 0.15) is 18.9 Å². The molecule has 0 aliphatic carbocycles. The number of para-hydroxylation sites is 1. The number of tetrazole rings is 1. The topological polar surface area (TPSA) is 68.5 Å². The molecule has 0 spiro atoms. The second kappa shape index (κ2) is 5.01. The van der Waals surface area contributed by atoms with E-state index in [1.807, 2.05) is 35.7 Å². The number of hydrogen-bond acceptors (Lipinski definition) is 6. The Kier molecular flexibility index (Phi) is 3.19. The van der Waals surface area contributed by atoms with Gasteiger partial charge in [0.05, 0.1) is 11.2 Å². The van der Waals surface area contributed by atoms with E-state index in [0.717, 1.165) is 10.7 Å². The summed E-state index contributed by atoms with van der Waals surface area (Å²) >= 11 is 1.60. The third kappa shape index (κ3) is 2.39. The summed E-state index contributed by atoms with van der Waals surface area (Å²) in [6, 6.07) is 9.77. The van der Waals surface area contributed by atoms with Crippen LogP contribution in [0.2, 0.25) is 0 Å². The van der Waals surface area contributed by atoms with Crippen LogP contribution in [-0.2, 0) is 5.54 Å². The Labute approximate surface area is 120 Å². The van der Waals surface area contributed by atoms with E-state index in [-0.39, 0.29) is 5.54 Å². The number of nitrogens with zero attached hydrogens (tertiary/aromatic N) is 5. The Morgan fingerprint density at radius 1 is 1.20 bits per heavy atom. The van der Waals surface area contributed by atoms with Gasteiger partial charge in [-0.15, -0.1) is 11.3 Å². The standard InChI is InChI=1S/C13H14N6S/c1-13(2,11-14-8-9-20-11)15-12-16-17-18-19(12)10-6-4-3-5-7-10/h3-9H,1-2H3,(H,15,16,18). The van der Waals surface area contributed by atoms with Crippen LogP contribution < -0.4 is 5.32 Å². The normalized spacial score (nSPS) is 11.5. The van der Waals surface area contributed by atoms with E-state index < -0.39 is 0 Å². The van der Waals surface area contributed by atoms with Gasteiger partial charge in [0.2, 0.25) is 5.95 Å². The first kappa shape index (κ1) is 12.7. The molecule has 2 heterocycles. The molecule has 0 fully saturated rings. The highest BCUT2D eigenvalue weighted by atomic mass is 32.1. The summed E-state index contributed by atoms with van der Waals surface area (Å²) < 4.78 is 1.68. The van der Waals surface area contributed by atoms with Gasteiger partial charge in [-0.25, -0.2) is 4.98 Å². The Hall–Kier alpha value is -2.28. The Bertz CT molecular complexity index is 674. The second-order valence-electron chi connectivity index (χ2n) is 4.84. The summed E-state index contributed by atoms with van der Waals surface area (Å²) in [4.78, 5) is 4.35. The number of thiazole rings is 1. The van der Waals surface area contributed by atoms with Crippen LogP contribution in [0.4, 0.5) is 5.95 Å². The molecule has 1 aromatic carbocycles. The Morgan fingerprint density at radius 2 is 2.00 bits per heavy atom. The number of rotatable bonds is 4. The fraction of sp³-hybridized carbons (Fsp3) is 0.231. The number of nitrogens with one attached hydrogen (secondary N) is 1. The van der Waals surface area contributed by atoms with Gasteiger partial charge >= 0.3 is 0 Å². The molecule has 0 unspecified atom stereocenters. The number of benzene rings is 1. The predicted octanol–water partition coefficient (Wildman–Crippen LogP) is 2.47. The third-order valence-electron chi connectivity index (χ3n) is 2.86. The minimum atomic E-state index is -0.338. The summed E-state index contributed by atoms with van der Waals surface area (Å²) in [5.74, 6) is 0.594. The van der Waals surface area contributed by atoms with Crippen molar-refractivity contribution in [3.63, 3.8) is 0 Å². The second-order valence-corrected chi connectivity index (χ2v) is 5.73. The van der Waals surface area contributed by atoms with Crippen molar-refractivity contribution in [1.82, 2.24) is 25.2 Å². The zero-order chi connectivity index (χ0) is 14.0. The molecule has 0 aliphatic heterocycles. The lowest BCUT2D eigenvalue weighted by atomic mass is 10.1. The smallest absolute Gasteiger partial charge is 0.248 e. The zero-order valence-electron chi connectivity index (χ0n) is 11.2. The minimum absolute atomic E-state index is 0.338. The summed E-state index contributed by atoms with van der Waals surface area (Å²) in [7, 11) is 0. The van der Waals surface area contributed by atoms with E-state index in [9.17, 15) is 0 Å². The van der Waals surface area contributed by atoms with Gasteiger partial charge in [-0.1, -0.05) is 23.3 Å². The predicted molar refractivity (Wildman–Crippen MR) is 77.9 cm³/mol. The molecule has 6 nitrogen and oxygen atoms in total. The average molecular weight is 286 g/mol. The SMILES string of the molecule is CC(C)(Nc1nnnn1-c1ccccc1)c1nccs1. The van der Waals surface area contributed by atoms with Crippen molar-refractivity contribution in [2.45, 2.75) is 19.4 Å². The van der Waals surface area contributed by atoms with Gasteiger partial charge < -0.3 is 5.32 Å². The fourth-order valence-corrected chi connectivity index (χ4v) is 2.59. The van der Waals surface area contributed by atoms with Gasteiger partial charge in [-0.05, 0) is 36.4 Å². The van der Waals surface area contributed by atoms with E-state index in [1.165, 1.54) is 0 Å². The van der Waals surface area contributed by atoms with Crippen molar-refractivity contribution in [3.05, 3.63) is 46.9 Å². The van der Waals surface area contributed by atoms with Gasteiger partial charge in [-0.3, -0.25) is 0 Å². The molecule has 7 heteroatoms. The summed E-state index contributed by atoms with van der Waals surface area (Å²) in [6.45, 7) is 4.10. The van der Waals surface area contributed by atoms with Gasteiger partial charge in [0, 0.05) is 11.6 Å². The van der Waals surface area contributed by atoms with Crippen LogP contribution >= 0.6 is 11.3 Å².